The van der Waals surface area contributed by atoms with Crippen molar-refractivity contribution in [3.63, 3.8) is 0 Å². The third-order valence-corrected chi connectivity index (χ3v) is 10.1. The maximum atomic E-state index is 13.5. The first kappa shape index (κ1) is 49.1. The van der Waals surface area contributed by atoms with Gasteiger partial charge in [-0.15, -0.1) is 0 Å². The number of aliphatic hydroxyl groups is 4. The van der Waals surface area contributed by atoms with Crippen LogP contribution in [0.1, 0.15) is 22.3 Å². The molecule has 2 fully saturated rings. The van der Waals surface area contributed by atoms with Gasteiger partial charge in [-0.25, -0.2) is 19.2 Å². The van der Waals surface area contributed by atoms with Gasteiger partial charge in [0.25, 0.3) is 0 Å². The van der Waals surface area contributed by atoms with E-state index in [1.807, 2.05) is 0 Å². The van der Waals surface area contributed by atoms with Gasteiger partial charge in [0, 0.05) is 24.3 Å². The quantitative estimate of drug-likeness (QED) is 0.0429. The highest BCUT2D eigenvalue weighted by molar-refractivity contribution is 5.89. The molecule has 0 amide bonds. The summed E-state index contributed by atoms with van der Waals surface area (Å²) in [4.78, 5) is 52.2. The Balaban J connectivity index is 1.27. The van der Waals surface area contributed by atoms with Gasteiger partial charge in [0.2, 0.25) is 5.79 Å². The van der Waals surface area contributed by atoms with Gasteiger partial charge < -0.3 is 74.0 Å². The summed E-state index contributed by atoms with van der Waals surface area (Å²) >= 11 is 0. The lowest BCUT2D eigenvalue weighted by molar-refractivity contribution is -0.383. The fraction of sp³-hybridized carbons (Fsp3) is 0.250. The molecule has 0 spiro atoms. The lowest BCUT2D eigenvalue weighted by Gasteiger charge is -2.43. The average Bonchev–Trinajstić information content (AvgIpc) is 3.57. The van der Waals surface area contributed by atoms with E-state index in [-0.39, 0.29) is 23.0 Å². The van der Waals surface area contributed by atoms with Gasteiger partial charge in [-0.3, -0.25) is 0 Å². The number of phenols is 4. The fourth-order valence-corrected chi connectivity index (χ4v) is 6.54. The second-order valence-electron chi connectivity index (χ2n) is 15.0. The van der Waals surface area contributed by atoms with E-state index in [2.05, 4.69) is 0 Å². The van der Waals surface area contributed by atoms with Crippen molar-refractivity contribution in [1.29, 1.82) is 0 Å². The Labute approximate surface area is 381 Å². The smallest absolute Gasteiger partial charge is 0.331 e. The number of rotatable bonds is 17. The van der Waals surface area contributed by atoms with Crippen molar-refractivity contribution in [1.82, 2.24) is 0 Å². The molecule has 67 heavy (non-hydrogen) atoms. The zero-order chi connectivity index (χ0) is 48.1. The Hall–Kier alpha value is -7.36. The number of phenolic OH excluding ortho intramolecular Hbond substituents is 4. The molecule has 19 heteroatoms. The zero-order valence-corrected chi connectivity index (χ0v) is 35.2. The minimum atomic E-state index is -2.68. The Bertz CT molecular complexity index is 2430. The van der Waals surface area contributed by atoms with Crippen molar-refractivity contribution in [3.05, 3.63) is 144 Å². The number of carbonyl (C=O) groups is 4. The van der Waals surface area contributed by atoms with Crippen molar-refractivity contribution in [2.24, 2.45) is 0 Å². The Kier molecular flexibility index (Phi) is 16.6. The van der Waals surface area contributed by atoms with Crippen molar-refractivity contribution in [2.75, 3.05) is 19.8 Å². The lowest BCUT2D eigenvalue weighted by Crippen LogP contribution is -2.63. The van der Waals surface area contributed by atoms with Gasteiger partial charge in [-0.05, 0) is 95.1 Å². The highest BCUT2D eigenvalue weighted by Gasteiger charge is 2.62. The molecule has 6 rings (SSSR count). The van der Waals surface area contributed by atoms with Crippen LogP contribution < -0.4 is 0 Å². The van der Waals surface area contributed by atoms with Gasteiger partial charge in [-0.2, -0.15) is 0 Å². The van der Waals surface area contributed by atoms with Gasteiger partial charge in [0.15, 0.2) is 12.4 Å². The number of esters is 4. The molecule has 2 aliphatic rings. The summed E-state index contributed by atoms with van der Waals surface area (Å²) in [5.41, 5.74) is 1.95. The predicted molar refractivity (Wildman–Crippen MR) is 233 cm³/mol. The molecule has 2 aliphatic heterocycles. The highest BCUT2D eigenvalue weighted by Crippen LogP contribution is 2.39. The molecule has 2 heterocycles. The van der Waals surface area contributed by atoms with Crippen LogP contribution in [0.4, 0.5) is 0 Å². The topological polar surface area (TPSA) is 295 Å². The monoisotopic (exact) mass is 926 g/mol. The standard InChI is InChI=1S/C48H46O19/c49-32-13-1-28(2-14-32)9-21-38(53)61-25-36-42(57)44(59)45(60)47(64-36)67-48(27-63-40(55)23-11-30-5-17-34(51)18-6-30)46(65-41(56)24-12-31-7-19-35(52)20-8-31)43(58)37(66-48)26-62-39(54)22-10-29-3-15-33(50)16-4-29/h1-24,36-37,42-47,49-52,57-60H,25-27H2/t36-,37-,42-,43-,44+,45-,46+,47-,48+/m1/s1. The predicted octanol–water partition coefficient (Wildman–Crippen LogP) is 2.48. The Morgan fingerprint density at radius 2 is 0.851 bits per heavy atom. The largest absolute Gasteiger partial charge is 0.508 e. The lowest BCUT2D eigenvalue weighted by atomic mass is 9.98. The SMILES string of the molecule is O=C(C=Cc1ccc(O)cc1)OC[C@H]1O[C@@](COC(=O)C=Cc2ccc(O)cc2)(O[C@H]2O[C@H](COC(=O)C=Cc3ccc(O)cc3)[C@@H](O)[C@H](O)[C@H]2O)[C@@H](OC(=O)C=Cc2ccc(O)cc2)[C@@H]1O. The molecule has 4 aromatic rings. The van der Waals surface area contributed by atoms with Crippen LogP contribution in [0.3, 0.4) is 0 Å². The minimum Gasteiger partial charge on any atom is -0.508 e. The van der Waals surface area contributed by atoms with E-state index in [9.17, 15) is 60.0 Å². The molecule has 0 unspecified atom stereocenters. The number of hydrogen-bond acceptors (Lipinski definition) is 19. The van der Waals surface area contributed by atoms with Gasteiger partial charge in [0.1, 0.15) is 79.4 Å². The van der Waals surface area contributed by atoms with Crippen molar-refractivity contribution in [3.8, 4) is 23.0 Å². The number of hydrogen-bond donors (Lipinski definition) is 8. The third-order valence-electron chi connectivity index (χ3n) is 10.1. The van der Waals surface area contributed by atoms with Crippen LogP contribution in [-0.2, 0) is 52.3 Å². The molecule has 0 saturated carbocycles. The molecule has 9 atom stereocenters. The first-order valence-electron chi connectivity index (χ1n) is 20.4. The van der Waals surface area contributed by atoms with Crippen LogP contribution in [0.25, 0.3) is 24.3 Å². The number of aromatic hydroxyl groups is 4. The highest BCUT2D eigenvalue weighted by atomic mass is 16.8. The van der Waals surface area contributed by atoms with E-state index >= 15 is 0 Å². The first-order chi connectivity index (χ1) is 32.1. The third kappa shape index (κ3) is 13.8. The molecule has 8 N–H and O–H groups in total. The second-order valence-corrected chi connectivity index (χ2v) is 15.0. The second kappa shape index (κ2) is 22.7. The molecule has 19 nitrogen and oxygen atoms in total. The summed E-state index contributed by atoms with van der Waals surface area (Å²) in [6, 6.07) is 23.1. The average molecular weight is 927 g/mol. The van der Waals surface area contributed by atoms with Crippen LogP contribution in [0.5, 0.6) is 23.0 Å². The molecule has 352 valence electrons. The Morgan fingerprint density at radius 1 is 0.478 bits per heavy atom. The first-order valence-corrected chi connectivity index (χ1v) is 20.4. The van der Waals surface area contributed by atoms with E-state index in [1.165, 1.54) is 121 Å². The van der Waals surface area contributed by atoms with Gasteiger partial charge in [-0.1, -0.05) is 48.5 Å². The summed E-state index contributed by atoms with van der Waals surface area (Å²) in [5, 5.41) is 83.2. The van der Waals surface area contributed by atoms with E-state index in [1.54, 1.807) is 0 Å². The summed E-state index contributed by atoms with van der Waals surface area (Å²) in [6.45, 7) is -2.53. The van der Waals surface area contributed by atoms with Crippen LogP contribution in [0.2, 0.25) is 0 Å². The molecular formula is C48H46O19. The maximum Gasteiger partial charge on any atom is 0.331 e. The van der Waals surface area contributed by atoms with E-state index in [4.69, 9.17) is 33.2 Å². The number of carbonyl (C=O) groups excluding carboxylic acids is 4. The minimum absolute atomic E-state index is 0.00193. The molecule has 0 radical (unpaired) electrons. The van der Waals surface area contributed by atoms with E-state index in [0.717, 1.165) is 24.3 Å². The molecule has 2 saturated heterocycles. The van der Waals surface area contributed by atoms with Crippen molar-refractivity contribution in [2.45, 2.75) is 54.8 Å². The van der Waals surface area contributed by atoms with Crippen molar-refractivity contribution < 1.29 is 93.2 Å². The molecule has 0 aromatic heterocycles. The van der Waals surface area contributed by atoms with Crippen LogP contribution in [-0.4, -0.2) is 139 Å². The van der Waals surface area contributed by atoms with Gasteiger partial charge in [0.05, 0.1) is 0 Å². The molecule has 0 bridgehead atoms. The fourth-order valence-electron chi connectivity index (χ4n) is 6.54. The number of ether oxygens (including phenoxy) is 7. The molecule has 4 aromatic carbocycles. The molecular weight excluding hydrogens is 881 g/mol. The maximum absolute atomic E-state index is 13.5. The zero-order valence-electron chi connectivity index (χ0n) is 35.2. The summed E-state index contributed by atoms with van der Waals surface area (Å²) < 4.78 is 39.8. The van der Waals surface area contributed by atoms with Crippen LogP contribution in [0, 0.1) is 0 Å². The summed E-state index contributed by atoms with van der Waals surface area (Å²) in [6.07, 6.45) is -5.99. The number of aliphatic hydroxyl groups excluding tert-OH is 4. The normalized spacial score (nSPS) is 25.1. The van der Waals surface area contributed by atoms with E-state index in [0.29, 0.717) is 22.3 Å². The van der Waals surface area contributed by atoms with Crippen LogP contribution in [0.15, 0.2) is 121 Å². The summed E-state index contributed by atoms with van der Waals surface area (Å²) in [7, 11) is 0. The van der Waals surface area contributed by atoms with E-state index < -0.39 is 98.5 Å². The van der Waals surface area contributed by atoms with Crippen molar-refractivity contribution >= 4 is 48.2 Å². The Morgan fingerprint density at radius 3 is 1.27 bits per heavy atom. The number of benzene rings is 4. The van der Waals surface area contributed by atoms with Gasteiger partial charge >= 0.3 is 23.9 Å². The molecule has 0 aliphatic carbocycles. The van der Waals surface area contributed by atoms with Crippen LogP contribution >= 0.6 is 0 Å². The summed E-state index contributed by atoms with van der Waals surface area (Å²) in [5.74, 6) is -6.79.